The van der Waals surface area contributed by atoms with E-state index in [0.29, 0.717) is 11.3 Å². The van der Waals surface area contributed by atoms with E-state index in [1.165, 1.54) is 13.2 Å². The van der Waals surface area contributed by atoms with Crippen LogP contribution in [0, 0.1) is 6.92 Å². The fourth-order valence-corrected chi connectivity index (χ4v) is 0.888. The van der Waals surface area contributed by atoms with Crippen molar-refractivity contribution in [3.05, 3.63) is 17.7 Å². The molecule has 0 fully saturated rings. The zero-order chi connectivity index (χ0) is 8.43. The number of ether oxygens (including phenoxy) is 1. The molecule has 0 radical (unpaired) electrons. The summed E-state index contributed by atoms with van der Waals surface area (Å²) in [5, 5.41) is 18.2. The standard InChI is InChI=1S/C8H10O3/c1-5-7(11-2)4-3-6(9)8(5)10/h3-4,9-10H,1-2H3. The predicted molar refractivity (Wildman–Crippen MR) is 41.1 cm³/mol. The van der Waals surface area contributed by atoms with Crippen LogP contribution in [-0.4, -0.2) is 17.3 Å². The number of hydrogen-bond acceptors (Lipinski definition) is 3. The Morgan fingerprint density at radius 2 is 1.91 bits per heavy atom. The van der Waals surface area contributed by atoms with E-state index in [-0.39, 0.29) is 11.5 Å². The number of benzene rings is 1. The molecule has 0 bridgehead atoms. The first-order chi connectivity index (χ1) is 5.16. The fourth-order valence-electron chi connectivity index (χ4n) is 0.888. The van der Waals surface area contributed by atoms with Crippen LogP contribution in [0.1, 0.15) is 5.56 Å². The molecule has 60 valence electrons. The van der Waals surface area contributed by atoms with Crippen LogP contribution in [0.5, 0.6) is 17.2 Å². The van der Waals surface area contributed by atoms with E-state index in [2.05, 4.69) is 0 Å². The molecule has 3 heteroatoms. The molecule has 0 saturated heterocycles. The van der Waals surface area contributed by atoms with Crippen LogP contribution < -0.4 is 4.74 Å². The highest BCUT2D eigenvalue weighted by atomic mass is 16.5. The Morgan fingerprint density at radius 3 is 2.45 bits per heavy atom. The van der Waals surface area contributed by atoms with Gasteiger partial charge in [0.2, 0.25) is 0 Å². The molecular formula is C8H10O3. The lowest BCUT2D eigenvalue weighted by Gasteiger charge is -2.06. The third-order valence-corrected chi connectivity index (χ3v) is 1.58. The van der Waals surface area contributed by atoms with Crippen molar-refractivity contribution >= 4 is 0 Å². The molecule has 11 heavy (non-hydrogen) atoms. The average Bonchev–Trinajstić information content (AvgIpc) is 2.01. The maximum Gasteiger partial charge on any atom is 0.164 e. The van der Waals surface area contributed by atoms with Crippen LogP contribution in [0.2, 0.25) is 0 Å². The second-order valence-electron chi connectivity index (χ2n) is 2.26. The van der Waals surface area contributed by atoms with E-state index in [4.69, 9.17) is 9.84 Å². The number of phenols is 2. The summed E-state index contributed by atoms with van der Waals surface area (Å²) < 4.78 is 4.91. The lowest BCUT2D eigenvalue weighted by molar-refractivity contribution is 0.381. The van der Waals surface area contributed by atoms with Crippen LogP contribution in [0.4, 0.5) is 0 Å². The molecular weight excluding hydrogens is 144 g/mol. The van der Waals surface area contributed by atoms with Gasteiger partial charge in [-0.3, -0.25) is 0 Å². The Labute approximate surface area is 64.9 Å². The van der Waals surface area contributed by atoms with Gasteiger partial charge in [0.15, 0.2) is 11.5 Å². The van der Waals surface area contributed by atoms with Crippen molar-refractivity contribution in [2.75, 3.05) is 7.11 Å². The molecule has 1 aromatic carbocycles. The topological polar surface area (TPSA) is 49.7 Å². The van der Waals surface area contributed by atoms with Crippen molar-refractivity contribution < 1.29 is 14.9 Å². The van der Waals surface area contributed by atoms with E-state index in [0.717, 1.165) is 0 Å². The minimum absolute atomic E-state index is 0.121. The molecule has 0 aliphatic carbocycles. The minimum Gasteiger partial charge on any atom is -0.504 e. The second-order valence-corrected chi connectivity index (χ2v) is 2.26. The van der Waals surface area contributed by atoms with Gasteiger partial charge in [-0.1, -0.05) is 0 Å². The molecule has 0 aliphatic heterocycles. The number of rotatable bonds is 1. The second kappa shape index (κ2) is 2.70. The van der Waals surface area contributed by atoms with Gasteiger partial charge in [0.1, 0.15) is 5.75 Å². The number of hydrogen-bond donors (Lipinski definition) is 2. The van der Waals surface area contributed by atoms with Crippen LogP contribution >= 0.6 is 0 Å². The molecule has 3 nitrogen and oxygen atoms in total. The number of aromatic hydroxyl groups is 2. The van der Waals surface area contributed by atoms with E-state index in [1.807, 2.05) is 0 Å². The number of phenolic OH excluding ortho intramolecular Hbond substituents is 2. The lowest BCUT2D eigenvalue weighted by atomic mass is 10.2. The first-order valence-corrected chi connectivity index (χ1v) is 3.22. The van der Waals surface area contributed by atoms with E-state index >= 15 is 0 Å². The summed E-state index contributed by atoms with van der Waals surface area (Å²) in [5.74, 6) is 0.327. The highest BCUT2D eigenvalue weighted by Crippen LogP contribution is 2.34. The molecule has 0 spiro atoms. The van der Waals surface area contributed by atoms with Crippen molar-refractivity contribution in [3.8, 4) is 17.2 Å². The first kappa shape index (κ1) is 7.72. The number of methoxy groups -OCH3 is 1. The van der Waals surface area contributed by atoms with Crippen LogP contribution in [0.25, 0.3) is 0 Å². The van der Waals surface area contributed by atoms with Gasteiger partial charge < -0.3 is 14.9 Å². The summed E-state index contributed by atoms with van der Waals surface area (Å²) in [7, 11) is 1.51. The third kappa shape index (κ3) is 1.22. The third-order valence-electron chi connectivity index (χ3n) is 1.58. The van der Waals surface area contributed by atoms with Gasteiger partial charge in [-0.2, -0.15) is 0 Å². The molecule has 0 unspecified atom stereocenters. The van der Waals surface area contributed by atoms with Gasteiger partial charge in [-0.25, -0.2) is 0 Å². The largest absolute Gasteiger partial charge is 0.504 e. The Kier molecular flexibility index (Phi) is 1.89. The Morgan fingerprint density at radius 1 is 1.27 bits per heavy atom. The summed E-state index contributed by atoms with van der Waals surface area (Å²) >= 11 is 0. The van der Waals surface area contributed by atoms with Gasteiger partial charge in [-0.05, 0) is 19.1 Å². The van der Waals surface area contributed by atoms with Gasteiger partial charge in [0.25, 0.3) is 0 Å². The van der Waals surface area contributed by atoms with Crippen molar-refractivity contribution in [1.29, 1.82) is 0 Å². The zero-order valence-corrected chi connectivity index (χ0v) is 6.46. The summed E-state index contributed by atoms with van der Waals surface area (Å²) in [4.78, 5) is 0. The molecule has 2 N–H and O–H groups in total. The maximum absolute atomic E-state index is 9.19. The zero-order valence-electron chi connectivity index (χ0n) is 6.46. The van der Waals surface area contributed by atoms with Crippen molar-refractivity contribution in [1.82, 2.24) is 0 Å². The van der Waals surface area contributed by atoms with Crippen molar-refractivity contribution in [2.45, 2.75) is 6.92 Å². The summed E-state index contributed by atoms with van der Waals surface area (Å²) in [6.07, 6.45) is 0. The van der Waals surface area contributed by atoms with E-state index in [9.17, 15) is 5.11 Å². The van der Waals surface area contributed by atoms with Crippen LogP contribution in [-0.2, 0) is 0 Å². The molecule has 0 heterocycles. The first-order valence-electron chi connectivity index (χ1n) is 3.22. The molecule has 0 atom stereocenters. The molecule has 0 amide bonds. The quantitative estimate of drug-likeness (QED) is 0.601. The highest BCUT2D eigenvalue weighted by molar-refractivity contribution is 5.51. The van der Waals surface area contributed by atoms with E-state index in [1.54, 1.807) is 13.0 Å². The molecule has 0 aliphatic rings. The Bertz CT molecular complexity index is 268. The minimum atomic E-state index is -0.122. The van der Waals surface area contributed by atoms with Gasteiger partial charge in [0, 0.05) is 5.56 Å². The van der Waals surface area contributed by atoms with Crippen LogP contribution in [0.3, 0.4) is 0 Å². The normalized spacial score (nSPS) is 9.64. The lowest BCUT2D eigenvalue weighted by Crippen LogP contribution is -1.86. The summed E-state index contributed by atoms with van der Waals surface area (Å²) in [6.45, 7) is 1.67. The molecule has 0 aromatic heterocycles. The Hall–Kier alpha value is -1.38. The predicted octanol–water partition coefficient (Wildman–Crippen LogP) is 1.41. The maximum atomic E-state index is 9.19. The Balaban J connectivity index is 3.25. The molecule has 1 aromatic rings. The molecule has 0 saturated carbocycles. The SMILES string of the molecule is COc1ccc(O)c(O)c1C. The summed E-state index contributed by atoms with van der Waals surface area (Å²) in [5.41, 5.74) is 0.549. The van der Waals surface area contributed by atoms with Gasteiger partial charge in [-0.15, -0.1) is 0 Å². The van der Waals surface area contributed by atoms with Gasteiger partial charge >= 0.3 is 0 Å². The van der Waals surface area contributed by atoms with Crippen molar-refractivity contribution in [3.63, 3.8) is 0 Å². The average molecular weight is 154 g/mol. The monoisotopic (exact) mass is 154 g/mol. The van der Waals surface area contributed by atoms with Gasteiger partial charge in [0.05, 0.1) is 7.11 Å². The fraction of sp³-hybridized carbons (Fsp3) is 0.250. The van der Waals surface area contributed by atoms with E-state index < -0.39 is 0 Å². The molecule has 1 rings (SSSR count). The highest BCUT2D eigenvalue weighted by Gasteiger charge is 2.06. The van der Waals surface area contributed by atoms with Crippen molar-refractivity contribution in [2.24, 2.45) is 0 Å². The van der Waals surface area contributed by atoms with Crippen LogP contribution in [0.15, 0.2) is 12.1 Å². The summed E-state index contributed by atoms with van der Waals surface area (Å²) in [6, 6.07) is 2.99. The smallest absolute Gasteiger partial charge is 0.164 e.